The third-order valence-electron chi connectivity index (χ3n) is 5.01. The zero-order valence-electron chi connectivity index (χ0n) is 17.0. The third kappa shape index (κ3) is 4.02. The second-order valence-electron chi connectivity index (χ2n) is 7.53. The minimum absolute atomic E-state index is 0.198. The summed E-state index contributed by atoms with van der Waals surface area (Å²) in [6.07, 6.45) is 1.58. The van der Waals surface area contributed by atoms with Gasteiger partial charge in [-0.05, 0) is 34.6 Å². The lowest BCUT2D eigenvalue weighted by atomic mass is 10.2. The van der Waals surface area contributed by atoms with Gasteiger partial charge in [-0.25, -0.2) is 14.6 Å². The molecule has 0 spiro atoms. The lowest BCUT2D eigenvalue weighted by molar-refractivity contribution is -0.136. The van der Waals surface area contributed by atoms with E-state index in [2.05, 4.69) is 57.8 Å². The number of hydrogen-bond acceptors (Lipinski definition) is 7. The van der Waals surface area contributed by atoms with Crippen molar-refractivity contribution in [3.05, 3.63) is 6.33 Å². The van der Waals surface area contributed by atoms with Crippen LogP contribution in [0.25, 0.3) is 11.2 Å². The summed E-state index contributed by atoms with van der Waals surface area (Å²) in [5.74, 6) is 1.03. The topological polar surface area (TPSA) is 83.3 Å². The first-order valence-corrected chi connectivity index (χ1v) is 9.75. The number of aryl methyl sites for hydroxylation is 1. The van der Waals surface area contributed by atoms with Crippen molar-refractivity contribution >= 4 is 22.9 Å². The largest absolute Gasteiger partial charge is 0.352 e. The van der Waals surface area contributed by atoms with Gasteiger partial charge in [-0.1, -0.05) is 5.21 Å². The number of carbonyl (C=O) groups excluding carboxylic acids is 1. The monoisotopic (exact) mass is 374 g/mol. The molecule has 2 aromatic heterocycles. The molecule has 9 heteroatoms. The Hall–Kier alpha value is -2.29. The Balaban J connectivity index is 1.64. The lowest BCUT2D eigenvalue weighted by Crippen LogP contribution is -2.52. The van der Waals surface area contributed by atoms with E-state index in [9.17, 15) is 4.79 Å². The van der Waals surface area contributed by atoms with E-state index in [1.165, 1.54) is 0 Å². The van der Waals surface area contributed by atoms with Crippen LogP contribution < -0.4 is 4.90 Å². The SMILES string of the molecule is CCn1nnc2c(N3CCN(CC(=O)N(C(C)C)C(C)C)CC3)ncnc21. The molecular formula is C18H30N8O. The highest BCUT2D eigenvalue weighted by molar-refractivity contribution is 5.82. The second-order valence-corrected chi connectivity index (χ2v) is 7.53. The Labute approximate surface area is 160 Å². The summed E-state index contributed by atoms with van der Waals surface area (Å²) in [6, 6.07) is 0.434. The van der Waals surface area contributed by atoms with Gasteiger partial charge in [-0.2, -0.15) is 0 Å². The number of anilines is 1. The summed E-state index contributed by atoms with van der Waals surface area (Å²) in [4.78, 5) is 27.8. The van der Waals surface area contributed by atoms with Crippen molar-refractivity contribution in [1.82, 2.24) is 34.8 Å². The van der Waals surface area contributed by atoms with Crippen LogP contribution in [0.15, 0.2) is 6.33 Å². The van der Waals surface area contributed by atoms with Gasteiger partial charge in [-0.15, -0.1) is 5.10 Å². The summed E-state index contributed by atoms with van der Waals surface area (Å²) >= 11 is 0. The highest BCUT2D eigenvalue weighted by Gasteiger charge is 2.26. The van der Waals surface area contributed by atoms with Crippen LogP contribution in [0.1, 0.15) is 34.6 Å². The minimum Gasteiger partial charge on any atom is -0.352 e. The Kier molecular flexibility index (Phi) is 5.88. The van der Waals surface area contributed by atoms with Crippen LogP contribution in [0.5, 0.6) is 0 Å². The van der Waals surface area contributed by atoms with Gasteiger partial charge >= 0.3 is 0 Å². The fourth-order valence-corrected chi connectivity index (χ4v) is 3.79. The molecule has 1 aliphatic rings. The first-order chi connectivity index (χ1) is 12.9. The van der Waals surface area contributed by atoms with Crippen molar-refractivity contribution < 1.29 is 4.79 Å². The van der Waals surface area contributed by atoms with E-state index in [0.29, 0.717) is 6.54 Å². The predicted octanol–water partition coefficient (Wildman–Crippen LogP) is 1.01. The van der Waals surface area contributed by atoms with Crippen molar-refractivity contribution in [2.45, 2.75) is 53.2 Å². The third-order valence-corrected chi connectivity index (χ3v) is 5.01. The van der Waals surface area contributed by atoms with Crippen molar-refractivity contribution in [1.29, 1.82) is 0 Å². The molecule has 1 saturated heterocycles. The number of fused-ring (bicyclic) bond motifs is 1. The Morgan fingerprint density at radius 1 is 1.11 bits per heavy atom. The fraction of sp³-hybridized carbons (Fsp3) is 0.722. The van der Waals surface area contributed by atoms with Crippen LogP contribution >= 0.6 is 0 Å². The molecule has 0 unspecified atom stereocenters. The molecule has 3 rings (SSSR count). The standard InChI is InChI=1S/C18H30N8O/c1-6-25-18-16(21-22-25)17(19-12-20-18)24-9-7-23(8-10-24)11-15(27)26(13(2)3)14(4)5/h12-14H,6-11H2,1-5H3. The van der Waals surface area contributed by atoms with Crippen molar-refractivity contribution in [2.24, 2.45) is 0 Å². The van der Waals surface area contributed by atoms with E-state index in [-0.39, 0.29) is 18.0 Å². The molecular weight excluding hydrogens is 344 g/mol. The summed E-state index contributed by atoms with van der Waals surface area (Å²) in [7, 11) is 0. The van der Waals surface area contributed by atoms with Gasteiger partial charge in [-0.3, -0.25) is 9.69 Å². The van der Waals surface area contributed by atoms with Gasteiger partial charge < -0.3 is 9.80 Å². The summed E-state index contributed by atoms with van der Waals surface area (Å²) < 4.78 is 1.78. The Bertz CT molecular complexity index is 771. The van der Waals surface area contributed by atoms with Crippen molar-refractivity contribution in [3.8, 4) is 0 Å². The number of hydrogen-bond donors (Lipinski definition) is 0. The highest BCUT2D eigenvalue weighted by Crippen LogP contribution is 2.21. The van der Waals surface area contributed by atoms with Crippen LogP contribution in [-0.2, 0) is 11.3 Å². The van der Waals surface area contributed by atoms with Gasteiger partial charge in [0.15, 0.2) is 17.0 Å². The maximum absolute atomic E-state index is 12.7. The Morgan fingerprint density at radius 3 is 2.37 bits per heavy atom. The van der Waals surface area contributed by atoms with Crippen LogP contribution in [0.3, 0.4) is 0 Å². The average Bonchev–Trinajstić information content (AvgIpc) is 3.05. The average molecular weight is 374 g/mol. The molecule has 2 aromatic rings. The summed E-state index contributed by atoms with van der Waals surface area (Å²) in [6.45, 7) is 14.7. The zero-order chi connectivity index (χ0) is 19.6. The molecule has 0 aliphatic carbocycles. The normalized spacial score (nSPS) is 15.9. The lowest BCUT2D eigenvalue weighted by Gasteiger charge is -2.37. The molecule has 9 nitrogen and oxygen atoms in total. The molecule has 0 aromatic carbocycles. The molecule has 0 saturated carbocycles. The molecule has 27 heavy (non-hydrogen) atoms. The maximum atomic E-state index is 12.7. The van der Waals surface area contributed by atoms with E-state index in [4.69, 9.17) is 0 Å². The molecule has 1 amide bonds. The number of aromatic nitrogens is 5. The first kappa shape index (κ1) is 19.5. The van der Waals surface area contributed by atoms with E-state index in [0.717, 1.165) is 49.7 Å². The molecule has 0 atom stereocenters. The minimum atomic E-state index is 0.198. The maximum Gasteiger partial charge on any atom is 0.237 e. The second kappa shape index (κ2) is 8.16. The highest BCUT2D eigenvalue weighted by atomic mass is 16.2. The van der Waals surface area contributed by atoms with Crippen molar-refractivity contribution in [3.63, 3.8) is 0 Å². The fourth-order valence-electron chi connectivity index (χ4n) is 3.79. The number of amides is 1. The van der Waals surface area contributed by atoms with Crippen LogP contribution in [0.2, 0.25) is 0 Å². The van der Waals surface area contributed by atoms with Gasteiger partial charge in [0.2, 0.25) is 5.91 Å². The van der Waals surface area contributed by atoms with Crippen molar-refractivity contribution in [2.75, 3.05) is 37.6 Å². The van der Waals surface area contributed by atoms with E-state index in [1.54, 1.807) is 11.0 Å². The van der Waals surface area contributed by atoms with Crippen LogP contribution in [0, 0.1) is 0 Å². The number of carbonyl (C=O) groups is 1. The molecule has 148 valence electrons. The Morgan fingerprint density at radius 2 is 1.78 bits per heavy atom. The molecule has 0 bridgehead atoms. The molecule has 0 radical (unpaired) electrons. The predicted molar refractivity (Wildman–Crippen MR) is 105 cm³/mol. The summed E-state index contributed by atoms with van der Waals surface area (Å²) in [5, 5.41) is 8.42. The summed E-state index contributed by atoms with van der Waals surface area (Å²) in [5.41, 5.74) is 1.51. The smallest absolute Gasteiger partial charge is 0.237 e. The van der Waals surface area contributed by atoms with Gasteiger partial charge in [0, 0.05) is 44.8 Å². The zero-order valence-corrected chi connectivity index (χ0v) is 17.0. The van der Waals surface area contributed by atoms with Gasteiger partial charge in [0.25, 0.3) is 0 Å². The number of piperazine rings is 1. The van der Waals surface area contributed by atoms with E-state index < -0.39 is 0 Å². The quantitative estimate of drug-likeness (QED) is 0.746. The van der Waals surface area contributed by atoms with Gasteiger partial charge in [0.1, 0.15) is 6.33 Å². The van der Waals surface area contributed by atoms with Gasteiger partial charge in [0.05, 0.1) is 6.54 Å². The van der Waals surface area contributed by atoms with E-state index >= 15 is 0 Å². The molecule has 3 heterocycles. The number of rotatable bonds is 6. The molecule has 0 N–H and O–H groups in total. The number of nitrogens with zero attached hydrogens (tertiary/aromatic N) is 8. The first-order valence-electron chi connectivity index (χ1n) is 9.75. The molecule has 1 fully saturated rings. The van der Waals surface area contributed by atoms with E-state index in [1.807, 2.05) is 11.8 Å². The molecule has 1 aliphatic heterocycles. The van der Waals surface area contributed by atoms with Crippen LogP contribution in [-0.4, -0.2) is 85.5 Å². The van der Waals surface area contributed by atoms with Crippen LogP contribution in [0.4, 0.5) is 5.82 Å².